The van der Waals surface area contributed by atoms with Crippen molar-refractivity contribution in [2.75, 3.05) is 6.61 Å². The number of hydrogen-bond donors (Lipinski definition) is 3. The molecule has 0 radical (unpaired) electrons. The lowest BCUT2D eigenvalue weighted by Crippen LogP contribution is -2.41. The normalized spacial score (nSPS) is 23.3. The second-order valence-electron chi connectivity index (χ2n) is 5.61. The Morgan fingerprint density at radius 3 is 2.62 bits per heavy atom. The second-order valence-corrected chi connectivity index (χ2v) is 5.61. The summed E-state index contributed by atoms with van der Waals surface area (Å²) in [4.78, 5) is 26.4. The van der Waals surface area contributed by atoms with Crippen LogP contribution in [0.25, 0.3) is 0 Å². The summed E-state index contributed by atoms with van der Waals surface area (Å²) in [5.41, 5.74) is 0.305. The van der Waals surface area contributed by atoms with E-state index in [1.165, 1.54) is 22.9 Å². The maximum absolute atomic E-state index is 12.1. The first kappa shape index (κ1) is 16.4. The van der Waals surface area contributed by atoms with Crippen molar-refractivity contribution in [2.45, 2.75) is 24.9 Å². The van der Waals surface area contributed by atoms with Crippen molar-refractivity contribution in [1.29, 1.82) is 0 Å². The first-order valence-corrected chi connectivity index (χ1v) is 7.59. The smallest absolute Gasteiger partial charge is 0.330 e. The SMILES string of the molecule is O=c1[nH]c(=O)n([C@@H]2C=C[C@H](O)[C@@H](CO)O2)cc1Cc1ccccc1. The number of nitrogens with one attached hydrogen (secondary N) is 1. The van der Waals surface area contributed by atoms with Crippen molar-refractivity contribution in [3.63, 3.8) is 0 Å². The molecule has 3 atom stereocenters. The van der Waals surface area contributed by atoms with Gasteiger partial charge in [0, 0.05) is 18.2 Å². The summed E-state index contributed by atoms with van der Waals surface area (Å²) in [6.45, 7) is -0.378. The highest BCUT2D eigenvalue weighted by Crippen LogP contribution is 2.20. The van der Waals surface area contributed by atoms with Crippen LogP contribution in [0, 0.1) is 0 Å². The van der Waals surface area contributed by atoms with E-state index in [0.717, 1.165) is 5.56 Å². The van der Waals surface area contributed by atoms with E-state index in [9.17, 15) is 19.8 Å². The van der Waals surface area contributed by atoms with Gasteiger partial charge in [0.1, 0.15) is 12.2 Å². The molecule has 1 aromatic heterocycles. The van der Waals surface area contributed by atoms with Crippen molar-refractivity contribution in [2.24, 2.45) is 0 Å². The molecule has 2 heterocycles. The Morgan fingerprint density at radius 2 is 1.92 bits per heavy atom. The number of rotatable bonds is 4. The average Bonchev–Trinajstić information content (AvgIpc) is 2.59. The van der Waals surface area contributed by atoms with E-state index in [4.69, 9.17) is 4.74 Å². The lowest BCUT2D eigenvalue weighted by molar-refractivity contribution is -0.105. The summed E-state index contributed by atoms with van der Waals surface area (Å²) in [5, 5.41) is 18.9. The largest absolute Gasteiger partial charge is 0.394 e. The second kappa shape index (κ2) is 6.96. The van der Waals surface area contributed by atoms with Crippen LogP contribution < -0.4 is 11.2 Å². The van der Waals surface area contributed by atoms with E-state index in [2.05, 4.69) is 4.98 Å². The number of aromatic nitrogens is 2. The minimum atomic E-state index is -0.937. The molecule has 3 N–H and O–H groups in total. The Labute approximate surface area is 137 Å². The molecule has 0 bridgehead atoms. The third-order valence-corrected chi connectivity index (χ3v) is 3.90. The molecule has 0 aliphatic carbocycles. The standard InChI is InChI=1S/C17H18N2O5/c20-10-14-13(21)6-7-15(24-14)19-9-12(16(22)18-17(19)23)8-11-4-2-1-3-5-11/h1-7,9,13-15,20-21H,8,10H2,(H,18,22,23)/t13-,14+,15-/m0/s1. The first-order valence-electron chi connectivity index (χ1n) is 7.59. The minimum absolute atomic E-state index is 0.374. The van der Waals surface area contributed by atoms with Crippen molar-refractivity contribution < 1.29 is 14.9 Å². The summed E-state index contributed by atoms with van der Waals surface area (Å²) in [5.74, 6) is 0. The Kier molecular flexibility index (Phi) is 4.75. The summed E-state index contributed by atoms with van der Waals surface area (Å²) in [7, 11) is 0. The monoisotopic (exact) mass is 330 g/mol. The van der Waals surface area contributed by atoms with E-state index >= 15 is 0 Å². The van der Waals surface area contributed by atoms with Crippen LogP contribution in [-0.2, 0) is 11.2 Å². The fourth-order valence-electron chi connectivity index (χ4n) is 2.60. The number of ether oxygens (including phenoxy) is 1. The molecule has 7 nitrogen and oxygen atoms in total. The van der Waals surface area contributed by atoms with Crippen LogP contribution in [0.4, 0.5) is 0 Å². The van der Waals surface area contributed by atoms with Crippen molar-refractivity contribution in [3.05, 3.63) is 80.6 Å². The van der Waals surface area contributed by atoms with Crippen molar-refractivity contribution in [3.8, 4) is 0 Å². The molecule has 2 aromatic rings. The third kappa shape index (κ3) is 3.38. The van der Waals surface area contributed by atoms with Crippen LogP contribution in [0.1, 0.15) is 17.4 Å². The minimum Gasteiger partial charge on any atom is -0.394 e. The summed E-state index contributed by atoms with van der Waals surface area (Å²) in [6.07, 6.45) is 2.25. The molecule has 1 aromatic carbocycles. The highest BCUT2D eigenvalue weighted by atomic mass is 16.5. The highest BCUT2D eigenvalue weighted by molar-refractivity contribution is 5.22. The Morgan fingerprint density at radius 1 is 1.17 bits per heavy atom. The Bertz CT molecular complexity index is 840. The van der Waals surface area contributed by atoms with Gasteiger partial charge in [-0.15, -0.1) is 0 Å². The number of nitrogens with zero attached hydrogens (tertiary/aromatic N) is 1. The molecule has 0 saturated carbocycles. The molecule has 0 amide bonds. The zero-order chi connectivity index (χ0) is 17.1. The van der Waals surface area contributed by atoms with Crippen molar-refractivity contribution >= 4 is 0 Å². The van der Waals surface area contributed by atoms with Crippen molar-refractivity contribution in [1.82, 2.24) is 9.55 Å². The first-order chi connectivity index (χ1) is 11.6. The molecule has 0 saturated heterocycles. The van der Waals surface area contributed by atoms with Gasteiger partial charge in [-0.2, -0.15) is 0 Å². The maximum atomic E-state index is 12.1. The Hall–Kier alpha value is -2.48. The summed E-state index contributed by atoms with van der Waals surface area (Å²) in [6, 6.07) is 9.42. The fourth-order valence-corrected chi connectivity index (χ4v) is 2.60. The number of aromatic amines is 1. The van der Waals surface area contributed by atoms with Gasteiger partial charge in [0.2, 0.25) is 0 Å². The summed E-state index contributed by atoms with van der Waals surface area (Å²) >= 11 is 0. The molecule has 1 aliphatic rings. The predicted octanol–water partition coefficient (Wildman–Crippen LogP) is -0.0658. The van der Waals surface area contributed by atoms with Gasteiger partial charge in [0.05, 0.1) is 6.61 Å². The number of benzene rings is 1. The third-order valence-electron chi connectivity index (χ3n) is 3.90. The maximum Gasteiger partial charge on any atom is 0.330 e. The zero-order valence-corrected chi connectivity index (χ0v) is 12.8. The number of hydrogen-bond acceptors (Lipinski definition) is 5. The quantitative estimate of drug-likeness (QED) is 0.681. The topological polar surface area (TPSA) is 105 Å². The van der Waals surface area contributed by atoms with Crippen LogP contribution in [0.15, 0.2) is 58.3 Å². The van der Waals surface area contributed by atoms with E-state index in [0.29, 0.717) is 12.0 Å². The molecular formula is C17H18N2O5. The molecular weight excluding hydrogens is 312 g/mol. The van der Waals surface area contributed by atoms with Gasteiger partial charge in [0.15, 0.2) is 6.23 Å². The van der Waals surface area contributed by atoms with Gasteiger partial charge < -0.3 is 14.9 Å². The van der Waals surface area contributed by atoms with E-state index in [1.807, 2.05) is 30.3 Å². The molecule has 24 heavy (non-hydrogen) atoms. The highest BCUT2D eigenvalue weighted by Gasteiger charge is 2.26. The van der Waals surface area contributed by atoms with Gasteiger partial charge in [-0.3, -0.25) is 14.3 Å². The van der Waals surface area contributed by atoms with Crippen LogP contribution in [0.5, 0.6) is 0 Å². The predicted molar refractivity (Wildman–Crippen MR) is 86.7 cm³/mol. The molecule has 0 spiro atoms. The van der Waals surface area contributed by atoms with E-state index in [1.54, 1.807) is 0 Å². The fraction of sp³-hybridized carbons (Fsp3) is 0.294. The molecule has 7 heteroatoms. The molecule has 1 aliphatic heterocycles. The lowest BCUT2D eigenvalue weighted by Gasteiger charge is -2.29. The van der Waals surface area contributed by atoms with Crippen LogP contribution in [0.3, 0.4) is 0 Å². The molecule has 0 fully saturated rings. The van der Waals surface area contributed by atoms with Crippen LogP contribution in [0.2, 0.25) is 0 Å². The average molecular weight is 330 g/mol. The molecule has 126 valence electrons. The number of aliphatic hydroxyl groups excluding tert-OH is 2. The number of H-pyrrole nitrogens is 1. The molecule has 3 rings (SSSR count). The van der Waals surface area contributed by atoms with Crippen LogP contribution in [-0.4, -0.2) is 38.6 Å². The van der Waals surface area contributed by atoms with Gasteiger partial charge in [-0.1, -0.05) is 36.4 Å². The van der Waals surface area contributed by atoms with E-state index < -0.39 is 29.7 Å². The van der Waals surface area contributed by atoms with Gasteiger partial charge in [-0.25, -0.2) is 4.79 Å². The van der Waals surface area contributed by atoms with Gasteiger partial charge in [0.25, 0.3) is 5.56 Å². The Balaban J connectivity index is 1.94. The number of aliphatic hydroxyl groups is 2. The molecule has 0 unspecified atom stereocenters. The van der Waals surface area contributed by atoms with E-state index in [-0.39, 0.29) is 6.61 Å². The lowest BCUT2D eigenvalue weighted by atomic mass is 10.1. The zero-order valence-electron chi connectivity index (χ0n) is 12.8. The van der Waals surface area contributed by atoms with Gasteiger partial charge >= 0.3 is 5.69 Å². The van der Waals surface area contributed by atoms with Gasteiger partial charge in [-0.05, 0) is 11.6 Å². The summed E-state index contributed by atoms with van der Waals surface area (Å²) < 4.78 is 6.75. The van der Waals surface area contributed by atoms with Crippen LogP contribution >= 0.6 is 0 Å².